The van der Waals surface area contributed by atoms with E-state index in [9.17, 15) is 0 Å². The highest BCUT2D eigenvalue weighted by atomic mass is 35.5. The fraction of sp³-hybridized carbons (Fsp3) is 0.0741. The highest BCUT2D eigenvalue weighted by molar-refractivity contribution is 7.14. The van der Waals surface area contributed by atoms with Gasteiger partial charge in [0.15, 0.2) is 0 Å². The molecule has 0 amide bonds. The molecule has 174 valence electrons. The predicted molar refractivity (Wildman–Crippen MR) is 141 cm³/mol. The molecular formula is C27H21ClN4O2S. The summed E-state index contributed by atoms with van der Waals surface area (Å²) in [5.74, 6) is 1.85. The van der Waals surface area contributed by atoms with Gasteiger partial charge in [0.25, 0.3) is 0 Å². The van der Waals surface area contributed by atoms with Crippen molar-refractivity contribution < 1.29 is 9.15 Å². The molecule has 2 heterocycles. The Morgan fingerprint density at radius 1 is 1.00 bits per heavy atom. The Hall–Kier alpha value is -3.94. The van der Waals surface area contributed by atoms with Crippen LogP contribution in [-0.4, -0.2) is 16.2 Å². The van der Waals surface area contributed by atoms with Crippen LogP contribution in [0.15, 0.2) is 93.8 Å². The number of ether oxygens (including phenoxy) is 1. The highest BCUT2D eigenvalue weighted by Crippen LogP contribution is 2.29. The maximum atomic E-state index is 6.28. The summed E-state index contributed by atoms with van der Waals surface area (Å²) in [6, 6.07) is 25.2. The Morgan fingerprint density at radius 2 is 1.77 bits per heavy atom. The van der Waals surface area contributed by atoms with E-state index < -0.39 is 0 Å². The number of halogens is 1. The van der Waals surface area contributed by atoms with Crippen molar-refractivity contribution in [3.8, 4) is 28.5 Å². The van der Waals surface area contributed by atoms with Gasteiger partial charge in [0.1, 0.15) is 23.8 Å². The van der Waals surface area contributed by atoms with Gasteiger partial charge < -0.3 is 9.15 Å². The fourth-order valence-electron chi connectivity index (χ4n) is 3.40. The van der Waals surface area contributed by atoms with Gasteiger partial charge in [-0.25, -0.2) is 9.97 Å². The van der Waals surface area contributed by atoms with E-state index in [-0.39, 0.29) is 6.61 Å². The summed E-state index contributed by atoms with van der Waals surface area (Å²) in [7, 11) is 0. The van der Waals surface area contributed by atoms with Gasteiger partial charge >= 0.3 is 0 Å². The van der Waals surface area contributed by atoms with E-state index in [4.69, 9.17) is 20.8 Å². The summed E-state index contributed by atoms with van der Waals surface area (Å²) in [6.07, 6.45) is 1.71. The highest BCUT2D eigenvalue weighted by Gasteiger charge is 2.14. The van der Waals surface area contributed by atoms with Crippen LogP contribution < -0.4 is 10.2 Å². The van der Waals surface area contributed by atoms with Crippen molar-refractivity contribution in [3.63, 3.8) is 0 Å². The Morgan fingerprint density at radius 3 is 2.63 bits per heavy atom. The van der Waals surface area contributed by atoms with Gasteiger partial charge in [-0.05, 0) is 31.2 Å². The molecule has 0 spiro atoms. The van der Waals surface area contributed by atoms with E-state index in [1.165, 1.54) is 11.3 Å². The molecule has 0 aliphatic heterocycles. The van der Waals surface area contributed by atoms with Crippen LogP contribution in [0.1, 0.15) is 17.0 Å². The molecule has 8 heteroatoms. The smallest absolute Gasteiger partial charge is 0.228 e. The van der Waals surface area contributed by atoms with E-state index in [1.807, 2.05) is 91.2 Å². The monoisotopic (exact) mass is 500 g/mol. The molecule has 0 aliphatic rings. The molecule has 0 saturated carbocycles. The Bertz CT molecular complexity index is 1460. The van der Waals surface area contributed by atoms with E-state index in [2.05, 4.69) is 20.5 Å². The third-order valence-electron chi connectivity index (χ3n) is 5.22. The van der Waals surface area contributed by atoms with Crippen LogP contribution >= 0.6 is 22.9 Å². The van der Waals surface area contributed by atoms with Crippen LogP contribution in [-0.2, 0) is 6.61 Å². The number of rotatable bonds is 8. The number of anilines is 1. The summed E-state index contributed by atoms with van der Waals surface area (Å²) >= 11 is 7.78. The number of nitrogens with zero attached hydrogens (tertiary/aromatic N) is 3. The zero-order valence-corrected chi connectivity index (χ0v) is 20.4. The van der Waals surface area contributed by atoms with Crippen molar-refractivity contribution in [2.45, 2.75) is 13.5 Å². The first-order chi connectivity index (χ1) is 17.2. The lowest BCUT2D eigenvalue weighted by molar-refractivity contribution is 0.299. The molecule has 0 radical (unpaired) electrons. The second-order valence-electron chi connectivity index (χ2n) is 7.60. The van der Waals surface area contributed by atoms with Crippen LogP contribution in [0.3, 0.4) is 0 Å². The van der Waals surface area contributed by atoms with Gasteiger partial charge in [-0.2, -0.15) is 5.10 Å². The minimum atomic E-state index is 0.255. The normalized spacial score (nSPS) is 11.1. The Labute approximate surface area is 211 Å². The minimum Gasteiger partial charge on any atom is -0.486 e. The predicted octanol–water partition coefficient (Wildman–Crippen LogP) is 7.45. The topological polar surface area (TPSA) is 72.5 Å². The molecule has 35 heavy (non-hydrogen) atoms. The zero-order chi connectivity index (χ0) is 24.0. The lowest BCUT2D eigenvalue weighted by atomic mass is 10.2. The van der Waals surface area contributed by atoms with Crippen LogP contribution in [0.25, 0.3) is 22.7 Å². The SMILES string of the molecule is Cc1oc(-c2ccccc2Cl)nc1COc1ccccc1C=NNc1nc(-c2ccccc2)cs1. The maximum absolute atomic E-state index is 6.28. The summed E-state index contributed by atoms with van der Waals surface area (Å²) in [6.45, 7) is 2.12. The molecule has 1 N–H and O–H groups in total. The summed E-state index contributed by atoms with van der Waals surface area (Å²) in [4.78, 5) is 9.17. The van der Waals surface area contributed by atoms with E-state index >= 15 is 0 Å². The van der Waals surface area contributed by atoms with Crippen LogP contribution in [0, 0.1) is 6.92 Å². The van der Waals surface area contributed by atoms with Crippen molar-refractivity contribution in [1.29, 1.82) is 0 Å². The number of para-hydroxylation sites is 1. The van der Waals surface area contributed by atoms with Gasteiger partial charge in [0, 0.05) is 16.5 Å². The van der Waals surface area contributed by atoms with Crippen molar-refractivity contribution in [3.05, 3.63) is 106 Å². The quantitative estimate of drug-likeness (QED) is 0.177. The van der Waals surface area contributed by atoms with E-state index in [0.29, 0.717) is 33.2 Å². The molecule has 0 aliphatic carbocycles. The average molecular weight is 501 g/mol. The van der Waals surface area contributed by atoms with Crippen molar-refractivity contribution >= 4 is 34.3 Å². The number of oxazole rings is 1. The largest absolute Gasteiger partial charge is 0.486 e. The molecule has 6 nitrogen and oxygen atoms in total. The van der Waals surface area contributed by atoms with E-state index in [1.54, 1.807) is 6.21 Å². The molecule has 0 atom stereocenters. The molecule has 0 fully saturated rings. The van der Waals surface area contributed by atoms with Gasteiger partial charge in [0.2, 0.25) is 11.0 Å². The number of benzene rings is 3. The number of hydrazone groups is 1. The molecule has 0 unspecified atom stereocenters. The second kappa shape index (κ2) is 10.5. The standard InChI is InChI=1S/C27H21ClN4O2S/c1-18-23(30-26(34-18)21-12-6-7-13-22(21)28)16-33-25-14-8-5-11-20(25)15-29-32-27-31-24(17-35-27)19-9-3-2-4-10-19/h2-15,17H,16H2,1H3,(H,31,32). The molecule has 0 saturated heterocycles. The number of aryl methyl sites for hydroxylation is 1. The molecule has 0 bridgehead atoms. The summed E-state index contributed by atoms with van der Waals surface area (Å²) in [5.41, 5.74) is 7.27. The van der Waals surface area contributed by atoms with Crippen LogP contribution in [0.4, 0.5) is 5.13 Å². The van der Waals surface area contributed by atoms with Crippen LogP contribution in [0.2, 0.25) is 5.02 Å². The number of hydrogen-bond acceptors (Lipinski definition) is 7. The number of thiazole rings is 1. The van der Waals surface area contributed by atoms with Crippen molar-refractivity contribution in [2.75, 3.05) is 5.43 Å². The fourth-order valence-corrected chi connectivity index (χ4v) is 4.29. The maximum Gasteiger partial charge on any atom is 0.228 e. The van der Waals surface area contributed by atoms with Gasteiger partial charge in [-0.15, -0.1) is 11.3 Å². The minimum absolute atomic E-state index is 0.255. The first kappa shape index (κ1) is 22.8. The van der Waals surface area contributed by atoms with Crippen molar-refractivity contribution in [2.24, 2.45) is 5.10 Å². The molecular weight excluding hydrogens is 480 g/mol. The average Bonchev–Trinajstić information content (AvgIpc) is 3.51. The first-order valence-corrected chi connectivity index (χ1v) is 12.2. The lowest BCUT2D eigenvalue weighted by Gasteiger charge is -2.07. The second-order valence-corrected chi connectivity index (χ2v) is 8.87. The molecule has 5 rings (SSSR count). The summed E-state index contributed by atoms with van der Waals surface area (Å²) < 4.78 is 11.9. The van der Waals surface area contributed by atoms with Gasteiger partial charge in [-0.1, -0.05) is 66.2 Å². The number of aromatic nitrogens is 2. The van der Waals surface area contributed by atoms with Gasteiger partial charge in [0.05, 0.1) is 22.5 Å². The molecule has 2 aromatic heterocycles. The molecule has 3 aromatic carbocycles. The van der Waals surface area contributed by atoms with Gasteiger partial charge in [-0.3, -0.25) is 5.43 Å². The van der Waals surface area contributed by atoms with Crippen molar-refractivity contribution in [1.82, 2.24) is 9.97 Å². The Kier molecular flexibility index (Phi) is 6.88. The third-order valence-corrected chi connectivity index (χ3v) is 6.29. The lowest BCUT2D eigenvalue weighted by Crippen LogP contribution is -2.00. The first-order valence-electron chi connectivity index (χ1n) is 10.9. The van der Waals surface area contributed by atoms with E-state index in [0.717, 1.165) is 22.4 Å². The molecule has 5 aromatic rings. The number of hydrogen-bond donors (Lipinski definition) is 1. The zero-order valence-electron chi connectivity index (χ0n) is 18.8. The summed E-state index contributed by atoms with van der Waals surface area (Å²) in [5, 5.41) is 7.65. The number of nitrogens with one attached hydrogen (secondary N) is 1. The van der Waals surface area contributed by atoms with Crippen LogP contribution in [0.5, 0.6) is 5.75 Å². The third kappa shape index (κ3) is 5.42. The Balaban J connectivity index is 1.25.